The molecule has 22 heavy (non-hydrogen) atoms. The van der Waals surface area contributed by atoms with E-state index in [0.29, 0.717) is 25.4 Å². The fourth-order valence-electron chi connectivity index (χ4n) is 3.14. The molecule has 0 spiro atoms. The molecule has 118 valence electrons. The summed E-state index contributed by atoms with van der Waals surface area (Å²) in [6.07, 6.45) is 0.876. The predicted octanol–water partition coefficient (Wildman–Crippen LogP) is 1.74. The van der Waals surface area contributed by atoms with E-state index >= 15 is 0 Å². The molecule has 5 heteroatoms. The monoisotopic (exact) mass is 302 g/mol. The summed E-state index contributed by atoms with van der Waals surface area (Å²) in [4.78, 5) is 14.7. The number of aliphatic hydroxyl groups excluding tert-OH is 1. The molecule has 1 atom stereocenters. The number of para-hydroxylation sites is 1. The second-order valence-corrected chi connectivity index (χ2v) is 5.82. The third-order valence-corrected chi connectivity index (χ3v) is 4.38. The summed E-state index contributed by atoms with van der Waals surface area (Å²) >= 11 is 0. The van der Waals surface area contributed by atoms with Gasteiger partial charge in [-0.05, 0) is 18.6 Å². The Balaban J connectivity index is 1.93. The molecular formula is C17H22N2O3. The zero-order valence-corrected chi connectivity index (χ0v) is 12.9. The van der Waals surface area contributed by atoms with E-state index in [1.807, 2.05) is 39.8 Å². The lowest BCUT2D eigenvalue weighted by atomic mass is 10.1. The fraction of sp³-hybridized carbons (Fsp3) is 0.471. The fourth-order valence-corrected chi connectivity index (χ4v) is 3.14. The minimum atomic E-state index is 0.0447. The Kier molecular flexibility index (Phi) is 4.45. The quantitative estimate of drug-likeness (QED) is 0.915. The van der Waals surface area contributed by atoms with E-state index in [1.165, 1.54) is 0 Å². The van der Waals surface area contributed by atoms with Gasteiger partial charge in [0, 0.05) is 50.2 Å². The molecule has 1 amide bonds. The number of aliphatic hydroxyl groups is 1. The molecule has 3 rings (SSSR count). The first-order valence-corrected chi connectivity index (χ1v) is 7.72. The van der Waals surface area contributed by atoms with Gasteiger partial charge >= 0.3 is 0 Å². The highest BCUT2D eigenvalue weighted by Crippen LogP contribution is 2.24. The number of amides is 1. The molecule has 1 aliphatic rings. The lowest BCUT2D eigenvalue weighted by molar-refractivity contribution is 0.0769. The van der Waals surface area contributed by atoms with E-state index < -0.39 is 0 Å². The molecule has 1 N–H and O–H groups in total. The Bertz CT molecular complexity index is 665. The first-order valence-electron chi connectivity index (χ1n) is 7.72. The largest absolute Gasteiger partial charge is 0.396 e. The van der Waals surface area contributed by atoms with Gasteiger partial charge in [0.15, 0.2) is 0 Å². The number of aromatic nitrogens is 1. The number of methoxy groups -OCH3 is 1. The number of hydrogen-bond donors (Lipinski definition) is 1. The summed E-state index contributed by atoms with van der Waals surface area (Å²) in [7, 11) is 1.67. The van der Waals surface area contributed by atoms with Gasteiger partial charge in [0.25, 0.3) is 5.91 Å². The third kappa shape index (κ3) is 2.74. The Morgan fingerprint density at radius 3 is 2.95 bits per heavy atom. The number of hydrogen-bond acceptors (Lipinski definition) is 3. The van der Waals surface area contributed by atoms with E-state index in [2.05, 4.69) is 0 Å². The Hall–Kier alpha value is -1.85. The summed E-state index contributed by atoms with van der Waals surface area (Å²) in [5, 5.41) is 10.3. The predicted molar refractivity (Wildman–Crippen MR) is 84.9 cm³/mol. The van der Waals surface area contributed by atoms with Gasteiger partial charge in [0.05, 0.1) is 6.61 Å². The standard InChI is InChI=1S/C17H22N2O3/c1-22-9-8-19-15-5-3-2-4-14(15)10-16(19)17(21)18-7-6-13(11-18)12-20/h2-5,10,13,20H,6-9,11-12H2,1H3. The van der Waals surface area contributed by atoms with Gasteiger partial charge < -0.3 is 19.3 Å². The maximum Gasteiger partial charge on any atom is 0.270 e. The summed E-state index contributed by atoms with van der Waals surface area (Å²) in [5.41, 5.74) is 1.76. The highest BCUT2D eigenvalue weighted by molar-refractivity contribution is 5.98. The normalized spacial score (nSPS) is 18.3. The number of ether oxygens (including phenoxy) is 1. The van der Waals surface area contributed by atoms with Crippen LogP contribution in [-0.2, 0) is 11.3 Å². The molecule has 0 aliphatic carbocycles. The van der Waals surface area contributed by atoms with Crippen LogP contribution in [0, 0.1) is 5.92 Å². The van der Waals surface area contributed by atoms with Crippen molar-refractivity contribution in [3.05, 3.63) is 36.0 Å². The molecule has 1 saturated heterocycles. The van der Waals surface area contributed by atoms with E-state index in [1.54, 1.807) is 7.11 Å². The van der Waals surface area contributed by atoms with Crippen LogP contribution in [-0.4, -0.2) is 53.9 Å². The van der Waals surface area contributed by atoms with Gasteiger partial charge in [0.2, 0.25) is 0 Å². The van der Waals surface area contributed by atoms with Crippen molar-refractivity contribution in [3.8, 4) is 0 Å². The van der Waals surface area contributed by atoms with E-state index in [0.717, 1.165) is 23.9 Å². The van der Waals surface area contributed by atoms with Crippen molar-refractivity contribution in [1.29, 1.82) is 0 Å². The molecule has 1 fully saturated rings. The number of likely N-dealkylation sites (tertiary alicyclic amines) is 1. The minimum Gasteiger partial charge on any atom is -0.396 e. The van der Waals surface area contributed by atoms with Crippen LogP contribution >= 0.6 is 0 Å². The van der Waals surface area contributed by atoms with Gasteiger partial charge in [-0.1, -0.05) is 18.2 Å². The van der Waals surface area contributed by atoms with Crippen molar-refractivity contribution in [2.24, 2.45) is 5.92 Å². The molecule has 1 unspecified atom stereocenters. The van der Waals surface area contributed by atoms with Crippen LogP contribution in [0.15, 0.2) is 30.3 Å². The summed E-state index contributed by atoms with van der Waals surface area (Å²) in [6, 6.07) is 9.98. The maximum absolute atomic E-state index is 12.8. The maximum atomic E-state index is 12.8. The van der Waals surface area contributed by atoms with Crippen LogP contribution in [0.3, 0.4) is 0 Å². The molecule has 1 aromatic carbocycles. The topological polar surface area (TPSA) is 54.7 Å². The van der Waals surface area contributed by atoms with Crippen molar-refractivity contribution >= 4 is 16.8 Å². The lowest BCUT2D eigenvalue weighted by Gasteiger charge is -2.18. The number of carbonyl (C=O) groups is 1. The number of nitrogens with zero attached hydrogens (tertiary/aromatic N) is 2. The third-order valence-electron chi connectivity index (χ3n) is 4.38. The minimum absolute atomic E-state index is 0.0447. The van der Waals surface area contributed by atoms with Crippen LogP contribution in [0.4, 0.5) is 0 Å². The van der Waals surface area contributed by atoms with Crippen molar-refractivity contribution in [2.75, 3.05) is 33.4 Å². The van der Waals surface area contributed by atoms with E-state index in [9.17, 15) is 9.90 Å². The van der Waals surface area contributed by atoms with Crippen LogP contribution in [0.5, 0.6) is 0 Å². The molecule has 0 radical (unpaired) electrons. The number of rotatable bonds is 5. The second-order valence-electron chi connectivity index (χ2n) is 5.82. The van der Waals surface area contributed by atoms with Gasteiger partial charge in [-0.25, -0.2) is 0 Å². The summed E-state index contributed by atoms with van der Waals surface area (Å²) in [6.45, 7) is 2.73. The first kappa shape index (κ1) is 15.1. The Morgan fingerprint density at radius 1 is 1.41 bits per heavy atom. The van der Waals surface area contributed by atoms with Crippen LogP contribution in [0.1, 0.15) is 16.9 Å². The van der Waals surface area contributed by atoms with Gasteiger partial charge in [-0.15, -0.1) is 0 Å². The Morgan fingerprint density at radius 2 is 2.23 bits per heavy atom. The second kappa shape index (κ2) is 6.50. The molecule has 0 saturated carbocycles. The van der Waals surface area contributed by atoms with Crippen LogP contribution in [0.25, 0.3) is 10.9 Å². The number of fused-ring (bicyclic) bond motifs is 1. The average molecular weight is 302 g/mol. The highest BCUT2D eigenvalue weighted by atomic mass is 16.5. The zero-order valence-electron chi connectivity index (χ0n) is 12.9. The van der Waals surface area contributed by atoms with Crippen LogP contribution in [0.2, 0.25) is 0 Å². The molecule has 2 heterocycles. The average Bonchev–Trinajstić information content (AvgIpc) is 3.17. The lowest BCUT2D eigenvalue weighted by Crippen LogP contribution is -2.31. The number of carbonyl (C=O) groups excluding carboxylic acids is 1. The smallest absolute Gasteiger partial charge is 0.270 e. The molecule has 0 bridgehead atoms. The van der Waals surface area contributed by atoms with Crippen molar-refractivity contribution < 1.29 is 14.6 Å². The van der Waals surface area contributed by atoms with Gasteiger partial charge in [-0.3, -0.25) is 4.79 Å². The van der Waals surface area contributed by atoms with E-state index in [-0.39, 0.29) is 18.4 Å². The van der Waals surface area contributed by atoms with Crippen molar-refractivity contribution in [1.82, 2.24) is 9.47 Å². The Labute approximate surface area is 130 Å². The molecule has 1 aliphatic heterocycles. The molecular weight excluding hydrogens is 280 g/mol. The molecule has 5 nitrogen and oxygen atoms in total. The van der Waals surface area contributed by atoms with Crippen molar-refractivity contribution in [2.45, 2.75) is 13.0 Å². The first-order chi connectivity index (χ1) is 10.7. The van der Waals surface area contributed by atoms with Crippen LogP contribution < -0.4 is 0 Å². The zero-order chi connectivity index (χ0) is 15.5. The highest BCUT2D eigenvalue weighted by Gasteiger charge is 2.28. The van der Waals surface area contributed by atoms with E-state index in [4.69, 9.17) is 4.74 Å². The van der Waals surface area contributed by atoms with Gasteiger partial charge in [-0.2, -0.15) is 0 Å². The van der Waals surface area contributed by atoms with Gasteiger partial charge in [0.1, 0.15) is 5.69 Å². The number of benzene rings is 1. The molecule has 1 aromatic heterocycles. The summed E-state index contributed by atoms with van der Waals surface area (Å²) in [5.74, 6) is 0.254. The SMILES string of the molecule is COCCn1c(C(=O)N2CCC(CO)C2)cc2ccccc21. The molecule has 2 aromatic rings. The van der Waals surface area contributed by atoms with Crippen molar-refractivity contribution in [3.63, 3.8) is 0 Å². The summed E-state index contributed by atoms with van der Waals surface area (Å²) < 4.78 is 7.22.